The van der Waals surface area contributed by atoms with Gasteiger partial charge >= 0.3 is 0 Å². The van der Waals surface area contributed by atoms with Gasteiger partial charge in [-0.1, -0.05) is 6.58 Å². The average Bonchev–Trinajstić information content (AvgIpc) is 1.81. The van der Waals surface area contributed by atoms with Crippen molar-refractivity contribution in [1.29, 1.82) is 0 Å². The van der Waals surface area contributed by atoms with Gasteiger partial charge < -0.3 is 14.6 Å². The molecule has 0 heterocycles. The fraction of sp³-hybridized carbons (Fsp3) is 0.600. The van der Waals surface area contributed by atoms with Gasteiger partial charge in [0.15, 0.2) is 6.79 Å². The van der Waals surface area contributed by atoms with Crippen molar-refractivity contribution in [2.75, 3.05) is 20.0 Å². The predicted octanol–water partition coefficient (Wildman–Crippen LogP) is 0.113. The zero-order valence-corrected chi connectivity index (χ0v) is 4.67. The summed E-state index contributed by atoms with van der Waals surface area (Å²) in [6.07, 6.45) is 1.29. The van der Waals surface area contributed by atoms with Crippen LogP contribution in [-0.2, 0) is 9.47 Å². The van der Waals surface area contributed by atoms with E-state index in [1.54, 1.807) is 0 Å². The molecule has 48 valence electrons. The van der Waals surface area contributed by atoms with E-state index in [-0.39, 0.29) is 13.4 Å². The Morgan fingerprint density at radius 3 is 2.88 bits per heavy atom. The van der Waals surface area contributed by atoms with Crippen molar-refractivity contribution in [2.24, 2.45) is 0 Å². The molecule has 0 saturated carbocycles. The lowest BCUT2D eigenvalue weighted by Gasteiger charge is -1.98. The highest BCUT2D eigenvalue weighted by atomic mass is 16.7. The second-order valence-electron chi connectivity index (χ2n) is 1.08. The number of rotatable bonds is 5. The van der Waals surface area contributed by atoms with Crippen LogP contribution in [0.25, 0.3) is 0 Å². The fourth-order valence-electron chi connectivity index (χ4n) is 0.220. The van der Waals surface area contributed by atoms with Crippen molar-refractivity contribution >= 4 is 0 Å². The molecule has 0 aromatic heterocycles. The van der Waals surface area contributed by atoms with E-state index in [9.17, 15) is 0 Å². The lowest BCUT2D eigenvalue weighted by molar-refractivity contribution is -0.0238. The maximum Gasteiger partial charge on any atom is 0.188 e. The number of hydrogen-bond acceptors (Lipinski definition) is 3. The minimum Gasteiger partial charge on any atom is -0.476 e. The summed E-state index contributed by atoms with van der Waals surface area (Å²) in [5, 5.41) is 8.16. The summed E-state index contributed by atoms with van der Waals surface area (Å²) in [4.78, 5) is 0. The first-order valence-electron chi connectivity index (χ1n) is 2.33. The van der Waals surface area contributed by atoms with Crippen LogP contribution in [0.2, 0.25) is 0 Å². The van der Waals surface area contributed by atoms with Gasteiger partial charge in [0.05, 0.1) is 19.5 Å². The maximum absolute atomic E-state index is 8.16. The third kappa shape index (κ3) is 5.46. The summed E-state index contributed by atoms with van der Waals surface area (Å²) in [6.45, 7) is 3.81. The van der Waals surface area contributed by atoms with Crippen molar-refractivity contribution in [3.05, 3.63) is 12.8 Å². The molecule has 0 aliphatic rings. The zero-order valence-electron chi connectivity index (χ0n) is 4.67. The molecule has 8 heavy (non-hydrogen) atoms. The number of aliphatic hydroxyl groups is 1. The molecule has 0 radical (unpaired) electrons. The molecular weight excluding hydrogens is 108 g/mol. The summed E-state index contributed by atoms with van der Waals surface area (Å²) in [5.74, 6) is 0. The number of aliphatic hydroxyl groups excluding tert-OH is 1. The van der Waals surface area contributed by atoms with Crippen LogP contribution in [-0.4, -0.2) is 25.1 Å². The molecule has 3 nitrogen and oxygen atoms in total. The molecular formula is C5H10O3. The molecule has 3 heteroatoms. The molecule has 1 N–H and O–H groups in total. The molecule has 0 aromatic carbocycles. The lowest BCUT2D eigenvalue weighted by atomic mass is 10.8. The van der Waals surface area contributed by atoms with Crippen molar-refractivity contribution < 1.29 is 14.6 Å². The minimum atomic E-state index is 0.0283. The summed E-state index contributed by atoms with van der Waals surface area (Å²) >= 11 is 0. The van der Waals surface area contributed by atoms with E-state index in [1.165, 1.54) is 6.26 Å². The second kappa shape index (κ2) is 6.46. The highest BCUT2D eigenvalue weighted by Crippen LogP contribution is 1.75. The van der Waals surface area contributed by atoms with Crippen LogP contribution >= 0.6 is 0 Å². The summed E-state index contributed by atoms with van der Waals surface area (Å²) < 4.78 is 9.25. The van der Waals surface area contributed by atoms with Gasteiger partial charge in [0.2, 0.25) is 0 Å². The Kier molecular flexibility index (Phi) is 6.02. The fourth-order valence-corrected chi connectivity index (χ4v) is 0.220. The highest BCUT2D eigenvalue weighted by Gasteiger charge is 1.79. The maximum atomic E-state index is 8.16. The van der Waals surface area contributed by atoms with Crippen LogP contribution in [0.15, 0.2) is 12.8 Å². The van der Waals surface area contributed by atoms with Crippen LogP contribution in [0, 0.1) is 0 Å². The van der Waals surface area contributed by atoms with Crippen molar-refractivity contribution in [3.8, 4) is 0 Å². The molecule has 0 aliphatic carbocycles. The Balaban J connectivity index is 2.62. The summed E-state index contributed by atoms with van der Waals surface area (Å²) in [7, 11) is 0. The zero-order chi connectivity index (χ0) is 6.24. The molecule has 0 unspecified atom stereocenters. The normalized spacial score (nSPS) is 8.62. The SMILES string of the molecule is C=COCOCCO. The van der Waals surface area contributed by atoms with E-state index in [2.05, 4.69) is 16.1 Å². The Morgan fingerprint density at radius 2 is 2.38 bits per heavy atom. The van der Waals surface area contributed by atoms with Gasteiger partial charge in [-0.2, -0.15) is 0 Å². The van der Waals surface area contributed by atoms with Gasteiger partial charge in [0, 0.05) is 0 Å². The predicted molar refractivity (Wildman–Crippen MR) is 29.2 cm³/mol. The molecule has 0 saturated heterocycles. The van der Waals surface area contributed by atoms with Crippen molar-refractivity contribution in [3.63, 3.8) is 0 Å². The monoisotopic (exact) mass is 118 g/mol. The average molecular weight is 118 g/mol. The van der Waals surface area contributed by atoms with Crippen LogP contribution in [0.5, 0.6) is 0 Å². The Morgan fingerprint density at radius 1 is 1.62 bits per heavy atom. The summed E-state index contributed by atoms with van der Waals surface area (Å²) in [5.41, 5.74) is 0. The first-order chi connectivity index (χ1) is 3.91. The van der Waals surface area contributed by atoms with Crippen LogP contribution in [0.4, 0.5) is 0 Å². The standard InChI is InChI=1S/C5H10O3/c1-2-7-5-8-4-3-6/h2,6H,1,3-5H2. The molecule has 0 rings (SSSR count). The van der Waals surface area contributed by atoms with Gasteiger partial charge in [0.1, 0.15) is 0 Å². The molecule has 0 aliphatic heterocycles. The van der Waals surface area contributed by atoms with Gasteiger partial charge in [-0.25, -0.2) is 0 Å². The molecule has 0 amide bonds. The number of hydrogen-bond donors (Lipinski definition) is 1. The van der Waals surface area contributed by atoms with Crippen molar-refractivity contribution in [2.45, 2.75) is 0 Å². The first kappa shape index (κ1) is 7.46. The Hall–Kier alpha value is -0.540. The molecule has 0 aromatic rings. The van der Waals surface area contributed by atoms with E-state index in [1.807, 2.05) is 0 Å². The van der Waals surface area contributed by atoms with Gasteiger partial charge in [-0.05, 0) is 0 Å². The smallest absolute Gasteiger partial charge is 0.188 e. The van der Waals surface area contributed by atoms with E-state index in [0.29, 0.717) is 6.61 Å². The number of ether oxygens (including phenoxy) is 2. The Labute approximate surface area is 48.5 Å². The first-order valence-corrected chi connectivity index (χ1v) is 2.33. The van der Waals surface area contributed by atoms with Gasteiger partial charge in [-0.15, -0.1) is 0 Å². The molecule has 0 atom stereocenters. The topological polar surface area (TPSA) is 38.7 Å². The molecule has 0 bridgehead atoms. The van der Waals surface area contributed by atoms with E-state index < -0.39 is 0 Å². The van der Waals surface area contributed by atoms with Crippen molar-refractivity contribution in [1.82, 2.24) is 0 Å². The van der Waals surface area contributed by atoms with E-state index >= 15 is 0 Å². The second-order valence-corrected chi connectivity index (χ2v) is 1.08. The minimum absolute atomic E-state index is 0.0283. The molecule has 0 fully saturated rings. The van der Waals surface area contributed by atoms with Crippen LogP contribution in [0.1, 0.15) is 0 Å². The third-order valence-corrected chi connectivity index (χ3v) is 0.505. The summed E-state index contributed by atoms with van der Waals surface area (Å²) in [6, 6.07) is 0. The van der Waals surface area contributed by atoms with Crippen LogP contribution in [0.3, 0.4) is 0 Å². The largest absolute Gasteiger partial charge is 0.476 e. The van der Waals surface area contributed by atoms with E-state index in [0.717, 1.165) is 0 Å². The highest BCUT2D eigenvalue weighted by molar-refractivity contribution is 4.44. The van der Waals surface area contributed by atoms with E-state index in [4.69, 9.17) is 5.11 Å². The quantitative estimate of drug-likeness (QED) is 0.316. The molecule has 0 spiro atoms. The van der Waals surface area contributed by atoms with Gasteiger partial charge in [0.25, 0.3) is 0 Å². The lowest BCUT2D eigenvalue weighted by Crippen LogP contribution is -2.00. The van der Waals surface area contributed by atoms with Gasteiger partial charge in [-0.3, -0.25) is 0 Å². The third-order valence-electron chi connectivity index (χ3n) is 0.505. The Bertz CT molecular complexity index is 53.6. The van der Waals surface area contributed by atoms with Crippen LogP contribution < -0.4 is 0 Å².